The van der Waals surface area contributed by atoms with Crippen molar-refractivity contribution in [2.24, 2.45) is 0 Å². The zero-order valence-electron chi connectivity index (χ0n) is 12.2. The first-order valence-electron chi connectivity index (χ1n) is 7.21. The minimum atomic E-state index is 0.415. The summed E-state index contributed by atoms with van der Waals surface area (Å²) in [5.74, 6) is 0. The Morgan fingerprint density at radius 3 is 2.84 bits per heavy atom. The van der Waals surface area contributed by atoms with Crippen molar-refractivity contribution < 1.29 is 4.74 Å². The molecule has 0 saturated carbocycles. The monoisotopic (exact) mass is 329 g/mol. The van der Waals surface area contributed by atoms with Crippen LogP contribution in [0.25, 0.3) is 0 Å². The van der Waals surface area contributed by atoms with Crippen LogP contribution in [0.5, 0.6) is 0 Å². The molecular weight excluding hydrogens is 306 g/mol. The standard InChI is InChI=1S/C14H24BrN3O/c1-4-17(9-12-7-6-8-19-12)10-13-14(15)11(3)16-18(13)5-2/h12H,4-10H2,1-3H3. The first-order valence-corrected chi connectivity index (χ1v) is 8.00. The molecule has 0 amide bonds. The number of rotatable bonds is 6. The predicted octanol–water partition coefficient (Wildman–Crippen LogP) is 2.97. The van der Waals surface area contributed by atoms with Crippen LogP contribution in [-0.2, 0) is 17.8 Å². The van der Waals surface area contributed by atoms with Crippen LogP contribution in [0.1, 0.15) is 38.1 Å². The first-order chi connectivity index (χ1) is 9.15. The van der Waals surface area contributed by atoms with E-state index in [1.165, 1.54) is 18.5 Å². The second-order valence-corrected chi connectivity index (χ2v) is 5.92. The highest BCUT2D eigenvalue weighted by Gasteiger charge is 2.21. The molecule has 2 rings (SSSR count). The predicted molar refractivity (Wildman–Crippen MR) is 80.3 cm³/mol. The van der Waals surface area contributed by atoms with Crippen molar-refractivity contribution >= 4 is 15.9 Å². The first kappa shape index (κ1) is 15.0. The van der Waals surface area contributed by atoms with Crippen LogP contribution < -0.4 is 0 Å². The Morgan fingerprint density at radius 2 is 2.26 bits per heavy atom. The van der Waals surface area contributed by atoms with E-state index in [2.05, 4.69) is 51.4 Å². The van der Waals surface area contributed by atoms with Crippen molar-refractivity contribution in [3.05, 3.63) is 15.9 Å². The molecular formula is C14H24BrN3O. The number of hydrogen-bond donors (Lipinski definition) is 0. The van der Waals surface area contributed by atoms with Gasteiger partial charge < -0.3 is 4.74 Å². The summed E-state index contributed by atoms with van der Waals surface area (Å²) in [6.45, 7) is 11.2. The zero-order valence-corrected chi connectivity index (χ0v) is 13.7. The molecule has 1 aliphatic rings. The molecule has 1 saturated heterocycles. The van der Waals surface area contributed by atoms with E-state index >= 15 is 0 Å². The van der Waals surface area contributed by atoms with Gasteiger partial charge in [-0.3, -0.25) is 9.58 Å². The quantitative estimate of drug-likeness (QED) is 0.803. The van der Waals surface area contributed by atoms with E-state index in [1.54, 1.807) is 0 Å². The van der Waals surface area contributed by atoms with E-state index in [-0.39, 0.29) is 0 Å². The van der Waals surface area contributed by atoms with E-state index < -0.39 is 0 Å². The molecule has 0 bridgehead atoms. The van der Waals surface area contributed by atoms with Crippen molar-refractivity contribution in [1.82, 2.24) is 14.7 Å². The Kier molecular flexibility index (Phi) is 5.42. The van der Waals surface area contributed by atoms with Crippen molar-refractivity contribution in [3.63, 3.8) is 0 Å². The third-order valence-electron chi connectivity index (χ3n) is 3.76. The fourth-order valence-corrected chi connectivity index (χ4v) is 3.02. The summed E-state index contributed by atoms with van der Waals surface area (Å²) in [5.41, 5.74) is 2.35. The minimum Gasteiger partial charge on any atom is -0.377 e. The summed E-state index contributed by atoms with van der Waals surface area (Å²) in [5, 5.41) is 4.56. The van der Waals surface area contributed by atoms with Gasteiger partial charge in [0.05, 0.1) is 22.0 Å². The van der Waals surface area contributed by atoms with Gasteiger partial charge in [-0.2, -0.15) is 5.10 Å². The van der Waals surface area contributed by atoms with Gasteiger partial charge in [0.2, 0.25) is 0 Å². The highest BCUT2D eigenvalue weighted by Crippen LogP contribution is 2.23. The molecule has 1 unspecified atom stereocenters. The maximum Gasteiger partial charge on any atom is 0.0739 e. The van der Waals surface area contributed by atoms with Crippen molar-refractivity contribution in [3.8, 4) is 0 Å². The van der Waals surface area contributed by atoms with Crippen LogP contribution in [0, 0.1) is 6.92 Å². The maximum atomic E-state index is 5.74. The van der Waals surface area contributed by atoms with E-state index in [0.29, 0.717) is 6.10 Å². The smallest absolute Gasteiger partial charge is 0.0739 e. The number of halogens is 1. The second kappa shape index (κ2) is 6.86. The van der Waals surface area contributed by atoms with Gasteiger partial charge in [0, 0.05) is 26.2 Å². The largest absolute Gasteiger partial charge is 0.377 e. The molecule has 1 fully saturated rings. The summed E-state index contributed by atoms with van der Waals surface area (Å²) in [4.78, 5) is 2.45. The molecule has 0 N–H and O–H groups in total. The summed E-state index contributed by atoms with van der Waals surface area (Å²) in [7, 11) is 0. The van der Waals surface area contributed by atoms with Gasteiger partial charge >= 0.3 is 0 Å². The molecule has 0 aliphatic carbocycles. The van der Waals surface area contributed by atoms with Crippen LogP contribution in [0.15, 0.2) is 4.47 Å². The van der Waals surface area contributed by atoms with Gasteiger partial charge in [-0.05, 0) is 49.2 Å². The number of nitrogens with zero attached hydrogens (tertiary/aromatic N) is 3. The minimum absolute atomic E-state index is 0.415. The van der Waals surface area contributed by atoms with Gasteiger partial charge in [-0.1, -0.05) is 6.92 Å². The zero-order chi connectivity index (χ0) is 13.8. The fraction of sp³-hybridized carbons (Fsp3) is 0.786. The summed E-state index contributed by atoms with van der Waals surface area (Å²) < 4.78 is 8.99. The van der Waals surface area contributed by atoms with Crippen LogP contribution >= 0.6 is 15.9 Å². The molecule has 1 aromatic rings. The SMILES string of the molecule is CCN(Cc1c(Br)c(C)nn1CC)CC1CCCO1. The lowest BCUT2D eigenvalue weighted by Crippen LogP contribution is -2.32. The number of aromatic nitrogens is 2. The van der Waals surface area contributed by atoms with E-state index in [0.717, 1.165) is 43.0 Å². The Morgan fingerprint density at radius 1 is 1.47 bits per heavy atom. The van der Waals surface area contributed by atoms with Crippen LogP contribution in [0.2, 0.25) is 0 Å². The Hall–Kier alpha value is -0.390. The third kappa shape index (κ3) is 3.58. The van der Waals surface area contributed by atoms with Crippen LogP contribution in [0.3, 0.4) is 0 Å². The Bertz CT molecular complexity index is 413. The molecule has 5 heteroatoms. The highest BCUT2D eigenvalue weighted by molar-refractivity contribution is 9.10. The average molecular weight is 330 g/mol. The van der Waals surface area contributed by atoms with Crippen molar-refractivity contribution in [2.45, 2.75) is 52.8 Å². The summed E-state index contributed by atoms with van der Waals surface area (Å²) in [6, 6.07) is 0. The molecule has 1 aromatic heterocycles. The fourth-order valence-electron chi connectivity index (χ4n) is 2.61. The molecule has 0 radical (unpaired) electrons. The summed E-state index contributed by atoms with van der Waals surface area (Å²) >= 11 is 3.67. The lowest BCUT2D eigenvalue weighted by atomic mass is 10.2. The maximum absolute atomic E-state index is 5.74. The van der Waals surface area contributed by atoms with Gasteiger partial charge in [-0.15, -0.1) is 0 Å². The van der Waals surface area contributed by atoms with Crippen LogP contribution in [-0.4, -0.2) is 40.5 Å². The Labute approximate surface area is 124 Å². The molecule has 0 aromatic carbocycles. The van der Waals surface area contributed by atoms with Crippen LogP contribution in [0.4, 0.5) is 0 Å². The van der Waals surface area contributed by atoms with Crippen molar-refractivity contribution in [1.29, 1.82) is 0 Å². The van der Waals surface area contributed by atoms with Gasteiger partial charge in [0.25, 0.3) is 0 Å². The molecule has 2 heterocycles. The highest BCUT2D eigenvalue weighted by atomic mass is 79.9. The normalized spacial score (nSPS) is 19.5. The van der Waals surface area contributed by atoms with Gasteiger partial charge in [0.1, 0.15) is 0 Å². The molecule has 1 aliphatic heterocycles. The van der Waals surface area contributed by atoms with E-state index in [1.807, 2.05) is 0 Å². The number of ether oxygens (including phenoxy) is 1. The molecule has 0 spiro atoms. The molecule has 1 atom stereocenters. The average Bonchev–Trinajstić information content (AvgIpc) is 3.01. The number of hydrogen-bond acceptors (Lipinski definition) is 3. The Balaban J connectivity index is 2.04. The lowest BCUT2D eigenvalue weighted by molar-refractivity contribution is 0.0715. The van der Waals surface area contributed by atoms with Gasteiger partial charge in [0.15, 0.2) is 0 Å². The lowest BCUT2D eigenvalue weighted by Gasteiger charge is -2.24. The summed E-state index contributed by atoms with van der Waals surface area (Å²) in [6.07, 6.45) is 2.82. The van der Waals surface area contributed by atoms with Crippen molar-refractivity contribution in [2.75, 3.05) is 19.7 Å². The number of aryl methyl sites for hydroxylation is 2. The topological polar surface area (TPSA) is 30.3 Å². The molecule has 108 valence electrons. The number of likely N-dealkylation sites (N-methyl/N-ethyl adjacent to an activating group) is 1. The third-order valence-corrected chi connectivity index (χ3v) is 4.79. The van der Waals surface area contributed by atoms with Gasteiger partial charge in [-0.25, -0.2) is 0 Å². The van der Waals surface area contributed by atoms with E-state index in [9.17, 15) is 0 Å². The second-order valence-electron chi connectivity index (χ2n) is 5.12. The molecule has 19 heavy (non-hydrogen) atoms. The molecule has 4 nitrogen and oxygen atoms in total. The van der Waals surface area contributed by atoms with E-state index in [4.69, 9.17) is 4.74 Å².